The molecule has 1 fully saturated rings. The smallest absolute Gasteiger partial charge is 0.254 e. The Hall–Kier alpha value is -3.34. The number of ether oxygens (including phenoxy) is 1. The number of amides is 2. The van der Waals surface area contributed by atoms with Crippen molar-refractivity contribution in [3.05, 3.63) is 89.2 Å². The predicted molar refractivity (Wildman–Crippen MR) is 105 cm³/mol. The number of nitrogens with one attached hydrogen (secondary N) is 1. The summed E-state index contributed by atoms with van der Waals surface area (Å²) in [7, 11) is 0. The van der Waals surface area contributed by atoms with Crippen LogP contribution in [0.25, 0.3) is 0 Å². The van der Waals surface area contributed by atoms with Crippen LogP contribution in [0.3, 0.4) is 0 Å². The summed E-state index contributed by atoms with van der Waals surface area (Å²) in [5.41, 5.74) is 4.67. The second-order valence-electron chi connectivity index (χ2n) is 7.45. The fourth-order valence-electron chi connectivity index (χ4n) is 4.41. The molecule has 3 atom stereocenters. The highest BCUT2D eigenvalue weighted by molar-refractivity contribution is 6.05. The van der Waals surface area contributed by atoms with Gasteiger partial charge in [-0.05, 0) is 42.2 Å². The van der Waals surface area contributed by atoms with Gasteiger partial charge in [0.2, 0.25) is 6.23 Å². The molecule has 5 rings (SSSR count). The van der Waals surface area contributed by atoms with Gasteiger partial charge in [-0.3, -0.25) is 14.5 Å². The second-order valence-corrected chi connectivity index (χ2v) is 7.45. The van der Waals surface area contributed by atoms with Crippen LogP contribution in [0.5, 0.6) is 0 Å². The average molecular weight is 372 g/mol. The van der Waals surface area contributed by atoms with Crippen molar-refractivity contribution in [1.82, 2.24) is 5.32 Å². The van der Waals surface area contributed by atoms with Crippen molar-refractivity contribution >= 4 is 17.5 Å². The van der Waals surface area contributed by atoms with Crippen molar-refractivity contribution < 1.29 is 14.3 Å². The van der Waals surface area contributed by atoms with Crippen molar-refractivity contribution in [3.8, 4) is 0 Å². The summed E-state index contributed by atoms with van der Waals surface area (Å²) in [5.74, 6) is -0.146. The van der Waals surface area contributed by atoms with Crippen molar-refractivity contribution in [3.63, 3.8) is 0 Å². The molecule has 1 aliphatic carbocycles. The molecule has 2 aromatic carbocycles. The SMILES string of the molecule is CC1=CC(=O)N(c2ccccc2)C1OC=C1C(=O)NC2c3ccccc3CC12. The van der Waals surface area contributed by atoms with Crippen molar-refractivity contribution in [2.45, 2.75) is 25.6 Å². The Morgan fingerprint density at radius 2 is 1.82 bits per heavy atom. The Morgan fingerprint density at radius 3 is 2.64 bits per heavy atom. The first-order valence-corrected chi connectivity index (χ1v) is 9.44. The first-order valence-electron chi connectivity index (χ1n) is 9.44. The first-order chi connectivity index (χ1) is 13.6. The molecule has 0 spiro atoms. The molecule has 5 nitrogen and oxygen atoms in total. The summed E-state index contributed by atoms with van der Waals surface area (Å²) >= 11 is 0. The lowest BCUT2D eigenvalue weighted by Crippen LogP contribution is -2.36. The zero-order chi connectivity index (χ0) is 19.3. The molecule has 5 heteroatoms. The molecule has 2 amide bonds. The molecule has 2 aliphatic heterocycles. The quantitative estimate of drug-likeness (QED) is 0.665. The Bertz CT molecular complexity index is 1030. The van der Waals surface area contributed by atoms with Crippen LogP contribution in [0.15, 0.2) is 78.1 Å². The summed E-state index contributed by atoms with van der Waals surface area (Å²) < 4.78 is 6.03. The Morgan fingerprint density at radius 1 is 1.07 bits per heavy atom. The van der Waals surface area contributed by atoms with Crippen LogP contribution in [-0.2, 0) is 20.7 Å². The van der Waals surface area contributed by atoms with E-state index in [2.05, 4.69) is 17.4 Å². The highest BCUT2D eigenvalue weighted by atomic mass is 16.5. The van der Waals surface area contributed by atoms with Gasteiger partial charge < -0.3 is 10.1 Å². The van der Waals surface area contributed by atoms with E-state index in [9.17, 15) is 9.59 Å². The van der Waals surface area contributed by atoms with E-state index >= 15 is 0 Å². The number of fused-ring (bicyclic) bond motifs is 3. The van der Waals surface area contributed by atoms with Gasteiger partial charge in [0.1, 0.15) is 0 Å². The molecule has 0 saturated carbocycles. The Kier molecular flexibility index (Phi) is 3.83. The monoisotopic (exact) mass is 372 g/mol. The maximum absolute atomic E-state index is 12.5. The van der Waals surface area contributed by atoms with Crippen LogP contribution < -0.4 is 10.2 Å². The molecule has 0 aromatic heterocycles. The number of hydrogen-bond acceptors (Lipinski definition) is 3. The fourth-order valence-corrected chi connectivity index (χ4v) is 4.41. The van der Waals surface area contributed by atoms with Crippen LogP contribution in [0.1, 0.15) is 24.1 Å². The molecule has 0 radical (unpaired) electrons. The van der Waals surface area contributed by atoms with Gasteiger partial charge in [0.15, 0.2) is 0 Å². The average Bonchev–Trinajstić information content (AvgIpc) is 3.30. The number of para-hydroxylation sites is 1. The van der Waals surface area contributed by atoms with Crippen LogP contribution >= 0.6 is 0 Å². The highest BCUT2D eigenvalue weighted by Gasteiger charge is 2.44. The molecule has 3 aliphatic rings. The summed E-state index contributed by atoms with van der Waals surface area (Å²) in [6, 6.07) is 17.6. The minimum atomic E-state index is -0.543. The van der Waals surface area contributed by atoms with Gasteiger partial charge in [-0.2, -0.15) is 0 Å². The van der Waals surface area contributed by atoms with E-state index in [4.69, 9.17) is 4.74 Å². The molecule has 2 heterocycles. The van der Waals surface area contributed by atoms with Crippen LogP contribution in [0.4, 0.5) is 5.69 Å². The summed E-state index contributed by atoms with van der Waals surface area (Å²) in [6.45, 7) is 1.87. The summed E-state index contributed by atoms with van der Waals surface area (Å²) in [6.07, 6.45) is 3.41. The van der Waals surface area contributed by atoms with E-state index in [0.29, 0.717) is 5.57 Å². The third-order valence-corrected chi connectivity index (χ3v) is 5.75. The zero-order valence-corrected chi connectivity index (χ0v) is 15.5. The minimum absolute atomic E-state index is 0.00521. The van der Waals surface area contributed by atoms with E-state index in [0.717, 1.165) is 17.7 Å². The van der Waals surface area contributed by atoms with E-state index < -0.39 is 6.23 Å². The molecule has 1 saturated heterocycles. The molecular weight excluding hydrogens is 352 g/mol. The number of benzene rings is 2. The van der Waals surface area contributed by atoms with Crippen LogP contribution in [0, 0.1) is 5.92 Å². The maximum atomic E-state index is 12.5. The fraction of sp³-hybridized carbons (Fsp3) is 0.217. The molecule has 3 unspecified atom stereocenters. The molecule has 140 valence electrons. The molecule has 28 heavy (non-hydrogen) atoms. The predicted octanol–water partition coefficient (Wildman–Crippen LogP) is 3.25. The van der Waals surface area contributed by atoms with Gasteiger partial charge >= 0.3 is 0 Å². The van der Waals surface area contributed by atoms with Crippen LogP contribution in [0.2, 0.25) is 0 Å². The maximum Gasteiger partial charge on any atom is 0.254 e. The van der Waals surface area contributed by atoms with Gasteiger partial charge in [0.25, 0.3) is 11.8 Å². The molecule has 2 aromatic rings. The number of anilines is 1. The lowest BCUT2D eigenvalue weighted by molar-refractivity contribution is -0.116. The number of nitrogens with zero attached hydrogens (tertiary/aromatic N) is 1. The van der Waals surface area contributed by atoms with E-state index in [1.807, 2.05) is 49.4 Å². The Labute approximate surface area is 163 Å². The normalized spacial score (nSPS) is 26.9. The lowest BCUT2D eigenvalue weighted by Gasteiger charge is -2.26. The number of rotatable bonds is 3. The van der Waals surface area contributed by atoms with Crippen LogP contribution in [-0.4, -0.2) is 18.0 Å². The third-order valence-electron chi connectivity index (χ3n) is 5.75. The number of carbonyl (C=O) groups is 2. The zero-order valence-electron chi connectivity index (χ0n) is 15.5. The Balaban J connectivity index is 1.42. The highest BCUT2D eigenvalue weighted by Crippen LogP contribution is 2.44. The largest absolute Gasteiger partial charge is 0.473 e. The second kappa shape index (κ2) is 6.37. The molecular formula is C23H20N2O3. The van der Waals surface area contributed by atoms with Gasteiger partial charge in [-0.15, -0.1) is 0 Å². The van der Waals surface area contributed by atoms with E-state index in [1.165, 1.54) is 11.1 Å². The third kappa shape index (κ3) is 2.54. The summed E-state index contributed by atoms with van der Waals surface area (Å²) in [4.78, 5) is 26.6. The standard InChI is InChI=1S/C23H20N2O3/c1-14-11-20(26)25(16-8-3-2-4-9-16)23(14)28-13-19-18-12-15-7-5-6-10-17(15)21(18)24-22(19)27/h2-11,13,18,21,23H,12H2,1H3,(H,24,27). The molecule has 1 N–H and O–H groups in total. The van der Waals surface area contributed by atoms with E-state index in [1.54, 1.807) is 17.2 Å². The minimum Gasteiger partial charge on any atom is -0.473 e. The van der Waals surface area contributed by atoms with E-state index in [-0.39, 0.29) is 23.8 Å². The topological polar surface area (TPSA) is 58.6 Å². The van der Waals surface area contributed by atoms with Gasteiger partial charge in [0, 0.05) is 17.7 Å². The number of carbonyl (C=O) groups excluding carboxylic acids is 2. The van der Waals surface area contributed by atoms with Gasteiger partial charge in [-0.25, -0.2) is 0 Å². The summed E-state index contributed by atoms with van der Waals surface area (Å²) in [5, 5.41) is 3.08. The van der Waals surface area contributed by atoms with Gasteiger partial charge in [-0.1, -0.05) is 42.5 Å². The number of hydrogen-bond donors (Lipinski definition) is 1. The van der Waals surface area contributed by atoms with Crippen molar-refractivity contribution in [2.75, 3.05) is 4.90 Å². The molecule has 0 bridgehead atoms. The van der Waals surface area contributed by atoms with Crippen molar-refractivity contribution in [2.24, 2.45) is 5.92 Å². The lowest BCUT2D eigenvalue weighted by atomic mass is 9.97. The van der Waals surface area contributed by atoms with Gasteiger partial charge in [0.05, 0.1) is 17.9 Å². The van der Waals surface area contributed by atoms with Crippen molar-refractivity contribution in [1.29, 1.82) is 0 Å². The first kappa shape index (κ1) is 16.8.